The molecule has 0 aliphatic carbocycles. The number of ketones is 1. The quantitative estimate of drug-likeness (QED) is 0.546. The Labute approximate surface area is 103 Å². The van der Waals surface area contributed by atoms with Gasteiger partial charge in [0.1, 0.15) is 0 Å². The Morgan fingerprint density at radius 3 is 2.12 bits per heavy atom. The first-order valence-electron chi connectivity index (χ1n) is 6.13. The van der Waals surface area contributed by atoms with Crippen LogP contribution in [-0.2, 0) is 9.59 Å². The maximum absolute atomic E-state index is 12.2. The van der Waals surface area contributed by atoms with Crippen molar-refractivity contribution in [2.24, 2.45) is 5.41 Å². The van der Waals surface area contributed by atoms with Crippen LogP contribution in [0.5, 0.6) is 0 Å². The topological polar surface area (TPSA) is 34.1 Å². The van der Waals surface area contributed by atoms with E-state index in [9.17, 15) is 9.59 Å². The lowest BCUT2D eigenvalue weighted by atomic mass is 9.81. The summed E-state index contributed by atoms with van der Waals surface area (Å²) >= 11 is 1.25. The highest BCUT2D eigenvalue weighted by atomic mass is 32.2. The number of hydrogen-bond acceptors (Lipinski definition) is 3. The molecule has 0 amide bonds. The van der Waals surface area contributed by atoms with Gasteiger partial charge in [-0.1, -0.05) is 44.4 Å². The van der Waals surface area contributed by atoms with Gasteiger partial charge in [0.2, 0.25) is 5.12 Å². The average molecular weight is 242 g/mol. The van der Waals surface area contributed by atoms with E-state index in [-0.39, 0.29) is 10.9 Å². The predicted octanol–water partition coefficient (Wildman–Crippen LogP) is 3.58. The van der Waals surface area contributed by atoms with Crippen molar-refractivity contribution in [3.63, 3.8) is 0 Å². The van der Waals surface area contributed by atoms with E-state index in [4.69, 9.17) is 0 Å². The number of hydrogen-bond donors (Lipinski definition) is 0. The van der Waals surface area contributed by atoms with E-state index < -0.39 is 10.2 Å². The van der Waals surface area contributed by atoms with Gasteiger partial charge in [-0.3, -0.25) is 9.59 Å². The van der Waals surface area contributed by atoms with Gasteiger partial charge in [-0.25, -0.2) is 0 Å². The summed E-state index contributed by atoms with van der Waals surface area (Å²) in [6, 6.07) is 0. The fraction of sp³-hybridized carbons (Fsp3) is 0.846. The van der Waals surface area contributed by atoms with Crippen LogP contribution in [0.2, 0.25) is 0 Å². The molecule has 0 unspecified atom stereocenters. The second kappa shape index (κ2) is 4.91. The van der Waals surface area contributed by atoms with Crippen LogP contribution in [0.1, 0.15) is 59.8 Å². The highest BCUT2D eigenvalue weighted by Gasteiger charge is 2.55. The molecular weight excluding hydrogens is 220 g/mol. The minimum absolute atomic E-state index is 0.0375. The zero-order chi connectivity index (χ0) is 12.4. The van der Waals surface area contributed by atoms with Crippen LogP contribution in [0, 0.1) is 5.41 Å². The zero-order valence-electron chi connectivity index (χ0n) is 10.8. The first-order chi connectivity index (χ1) is 7.34. The van der Waals surface area contributed by atoms with Gasteiger partial charge in [-0.2, -0.15) is 0 Å². The van der Waals surface area contributed by atoms with Gasteiger partial charge >= 0.3 is 0 Å². The van der Waals surface area contributed by atoms with Gasteiger partial charge in [0, 0.05) is 0 Å². The lowest BCUT2D eigenvalue weighted by molar-refractivity contribution is -0.133. The van der Waals surface area contributed by atoms with E-state index in [0.717, 1.165) is 19.3 Å². The third kappa shape index (κ3) is 2.50. The van der Waals surface area contributed by atoms with Crippen LogP contribution in [0.4, 0.5) is 0 Å². The van der Waals surface area contributed by atoms with Crippen LogP contribution < -0.4 is 0 Å². The van der Waals surface area contributed by atoms with Gasteiger partial charge in [-0.15, -0.1) is 0 Å². The summed E-state index contributed by atoms with van der Waals surface area (Å²) in [5.41, 5.74) is -0.774. The van der Waals surface area contributed by atoms with E-state index in [1.54, 1.807) is 13.8 Å². The highest BCUT2D eigenvalue weighted by Crippen LogP contribution is 2.48. The normalized spacial score (nSPS) is 28.8. The van der Waals surface area contributed by atoms with Crippen molar-refractivity contribution in [1.82, 2.24) is 0 Å². The van der Waals surface area contributed by atoms with Gasteiger partial charge in [0.15, 0.2) is 5.78 Å². The fourth-order valence-electron chi connectivity index (χ4n) is 2.19. The third-order valence-corrected chi connectivity index (χ3v) is 4.92. The summed E-state index contributed by atoms with van der Waals surface area (Å²) in [4.78, 5) is 23.9. The molecule has 3 heteroatoms. The summed E-state index contributed by atoms with van der Waals surface area (Å²) in [7, 11) is 0. The molecule has 0 aromatic carbocycles. The molecule has 1 aliphatic rings. The lowest BCUT2D eigenvalue weighted by Crippen LogP contribution is -2.35. The van der Waals surface area contributed by atoms with Crippen molar-refractivity contribution < 1.29 is 9.59 Å². The lowest BCUT2D eigenvalue weighted by Gasteiger charge is -2.22. The third-order valence-electron chi connectivity index (χ3n) is 3.38. The second-order valence-electron chi connectivity index (χ2n) is 5.39. The predicted molar refractivity (Wildman–Crippen MR) is 68.6 cm³/mol. The molecule has 1 saturated heterocycles. The van der Waals surface area contributed by atoms with Crippen molar-refractivity contribution in [3.05, 3.63) is 0 Å². The summed E-state index contributed by atoms with van der Waals surface area (Å²) in [5.74, 6) is 0.117. The highest BCUT2D eigenvalue weighted by molar-refractivity contribution is 8.16. The van der Waals surface area contributed by atoms with Crippen molar-refractivity contribution in [1.29, 1.82) is 0 Å². The van der Waals surface area contributed by atoms with E-state index in [1.807, 2.05) is 6.92 Å². The smallest absolute Gasteiger partial charge is 0.202 e. The van der Waals surface area contributed by atoms with Gasteiger partial charge < -0.3 is 0 Å². The first kappa shape index (κ1) is 13.8. The molecule has 0 aromatic heterocycles. The standard InChI is InChI=1S/C13H22O2S/c1-5-6-7-8-9-13(4)10(14)12(2,3)11(15)16-13/h5-9H2,1-4H3/t13-/m1/s1. The molecule has 0 N–H and O–H groups in total. The molecule has 0 saturated carbocycles. The van der Waals surface area contributed by atoms with E-state index in [1.165, 1.54) is 24.6 Å². The molecule has 92 valence electrons. The molecule has 1 heterocycles. The number of carbonyl (C=O) groups excluding carboxylic acids is 2. The van der Waals surface area contributed by atoms with Crippen molar-refractivity contribution in [3.8, 4) is 0 Å². The molecule has 1 aliphatic heterocycles. The summed E-state index contributed by atoms with van der Waals surface area (Å²) in [6.45, 7) is 7.60. The van der Waals surface area contributed by atoms with Gasteiger partial charge in [0.25, 0.3) is 0 Å². The fourth-order valence-corrected chi connectivity index (χ4v) is 3.54. The summed E-state index contributed by atoms with van der Waals surface area (Å²) < 4.78 is -0.464. The maximum atomic E-state index is 12.2. The van der Waals surface area contributed by atoms with Crippen LogP contribution >= 0.6 is 11.8 Å². The van der Waals surface area contributed by atoms with Gasteiger partial charge in [-0.05, 0) is 27.2 Å². The first-order valence-corrected chi connectivity index (χ1v) is 6.94. The Kier molecular flexibility index (Phi) is 4.22. The Morgan fingerprint density at radius 2 is 1.69 bits per heavy atom. The summed E-state index contributed by atoms with van der Waals surface area (Å²) in [6.07, 6.45) is 5.46. The van der Waals surface area contributed by atoms with Crippen LogP contribution in [0.3, 0.4) is 0 Å². The molecule has 0 radical (unpaired) electrons. The molecule has 1 rings (SSSR count). The minimum Gasteiger partial charge on any atom is -0.297 e. The molecule has 0 spiro atoms. The Hall–Kier alpha value is -0.310. The van der Waals surface area contributed by atoms with Crippen LogP contribution in [0.25, 0.3) is 0 Å². The number of Topliss-reactive ketones (excluding diaryl/α,β-unsaturated/α-hetero) is 1. The molecule has 1 fully saturated rings. The zero-order valence-corrected chi connectivity index (χ0v) is 11.6. The van der Waals surface area contributed by atoms with Crippen LogP contribution in [-0.4, -0.2) is 15.6 Å². The van der Waals surface area contributed by atoms with E-state index in [0.29, 0.717) is 0 Å². The molecule has 0 bridgehead atoms. The monoisotopic (exact) mass is 242 g/mol. The van der Waals surface area contributed by atoms with Crippen LogP contribution in [0.15, 0.2) is 0 Å². The van der Waals surface area contributed by atoms with E-state index >= 15 is 0 Å². The van der Waals surface area contributed by atoms with Crippen molar-refractivity contribution in [2.45, 2.75) is 64.5 Å². The summed E-state index contributed by atoms with van der Waals surface area (Å²) in [5, 5.41) is 0.0375. The molecule has 16 heavy (non-hydrogen) atoms. The molecule has 2 nitrogen and oxygen atoms in total. The Morgan fingerprint density at radius 1 is 1.06 bits per heavy atom. The minimum atomic E-state index is -0.774. The molecule has 0 aromatic rings. The SMILES string of the molecule is CCCCCC[C@@]1(C)SC(=O)C(C)(C)C1=O. The Bertz CT molecular complexity index is 296. The molecular formula is C13H22O2S. The molecule has 1 atom stereocenters. The second-order valence-corrected chi connectivity index (χ2v) is 6.86. The van der Waals surface area contributed by atoms with Crippen molar-refractivity contribution in [2.75, 3.05) is 0 Å². The number of unbranched alkanes of at least 4 members (excludes halogenated alkanes) is 3. The van der Waals surface area contributed by atoms with Gasteiger partial charge in [0.05, 0.1) is 10.2 Å². The maximum Gasteiger partial charge on any atom is 0.202 e. The largest absolute Gasteiger partial charge is 0.297 e. The average Bonchev–Trinajstić information content (AvgIpc) is 2.36. The van der Waals surface area contributed by atoms with Crippen molar-refractivity contribution >= 4 is 22.7 Å². The number of thioether (sulfide) groups is 1. The number of carbonyl (C=O) groups is 2. The Balaban J connectivity index is 2.59. The van der Waals surface area contributed by atoms with E-state index in [2.05, 4.69) is 6.92 Å². The number of rotatable bonds is 5.